The van der Waals surface area contributed by atoms with Crippen molar-refractivity contribution in [1.82, 2.24) is 18.9 Å². The van der Waals surface area contributed by atoms with E-state index in [4.69, 9.17) is 19.1 Å². The van der Waals surface area contributed by atoms with E-state index in [0.717, 1.165) is 72.1 Å². The lowest BCUT2D eigenvalue weighted by Crippen LogP contribution is -2.44. The minimum atomic E-state index is -0.106. The molecule has 0 N–H and O–H groups in total. The van der Waals surface area contributed by atoms with Crippen molar-refractivity contribution in [3.63, 3.8) is 0 Å². The fourth-order valence-electron chi connectivity index (χ4n) is 8.58. The van der Waals surface area contributed by atoms with Crippen molar-refractivity contribution in [3.05, 3.63) is 133 Å². The quantitative estimate of drug-likeness (QED) is 0.179. The van der Waals surface area contributed by atoms with Crippen LogP contribution in [0.25, 0.3) is 76.9 Å². The van der Waals surface area contributed by atoms with E-state index in [0.29, 0.717) is 0 Å². The number of benzene rings is 5. The van der Waals surface area contributed by atoms with Crippen molar-refractivity contribution in [3.8, 4) is 17.3 Å². The number of fused-ring (bicyclic) bond motifs is 9. The number of nitrogens with zero attached hydrogens (tertiary/aromatic N) is 4. The topological polar surface area (TPSA) is 57.5 Å². The number of hydrogen-bond donors (Lipinski definition) is 0. The van der Waals surface area contributed by atoms with Crippen LogP contribution in [-0.4, -0.2) is 18.9 Å². The molecule has 0 amide bonds. The zero-order chi connectivity index (χ0) is 33.5. The Hall–Kier alpha value is -6.14. The third-order valence-corrected chi connectivity index (χ3v) is 11.8. The van der Waals surface area contributed by atoms with Crippen molar-refractivity contribution in [2.75, 3.05) is 0 Å². The van der Waals surface area contributed by atoms with Crippen molar-refractivity contribution < 1.29 is 9.15 Å². The summed E-state index contributed by atoms with van der Waals surface area (Å²) in [7, 11) is 0. The molecule has 0 radical (unpaired) electrons. The number of furan rings is 1. The lowest BCUT2D eigenvalue weighted by molar-refractivity contribution is 0.288. The summed E-state index contributed by atoms with van der Waals surface area (Å²) < 4.78 is 17.6. The van der Waals surface area contributed by atoms with Gasteiger partial charge in [0.2, 0.25) is 0 Å². The molecule has 50 heavy (non-hydrogen) atoms. The van der Waals surface area contributed by atoms with Gasteiger partial charge in [-0.25, -0.2) is 9.97 Å². The molecule has 0 saturated heterocycles. The van der Waals surface area contributed by atoms with Gasteiger partial charge in [0.05, 0.1) is 21.9 Å². The highest BCUT2D eigenvalue weighted by Gasteiger charge is 2.46. The summed E-state index contributed by atoms with van der Waals surface area (Å²) in [4.78, 5) is 10.0. The summed E-state index contributed by atoms with van der Waals surface area (Å²) in [5, 5.41) is 7.81. The van der Waals surface area contributed by atoms with Crippen LogP contribution in [0.2, 0.25) is 0 Å². The van der Waals surface area contributed by atoms with Gasteiger partial charge < -0.3 is 9.15 Å². The number of imidazole rings is 1. The molecule has 6 heteroatoms. The molecule has 11 rings (SSSR count). The van der Waals surface area contributed by atoms with Crippen molar-refractivity contribution in [2.24, 2.45) is 0 Å². The molecule has 0 spiro atoms. The zero-order valence-corrected chi connectivity index (χ0v) is 28.2. The highest BCUT2D eigenvalue weighted by atomic mass is 16.5. The second kappa shape index (κ2) is 9.30. The van der Waals surface area contributed by atoms with Crippen LogP contribution >= 0.6 is 0 Å². The predicted molar refractivity (Wildman–Crippen MR) is 202 cm³/mol. The molecule has 0 aliphatic carbocycles. The first kappa shape index (κ1) is 27.8. The van der Waals surface area contributed by atoms with Crippen LogP contribution in [-0.2, 0) is 10.8 Å². The summed E-state index contributed by atoms with van der Waals surface area (Å²) in [5.41, 5.74) is 8.40. The maximum atomic E-state index is 6.71. The molecule has 240 valence electrons. The molecule has 0 fully saturated rings. The molecule has 6 heterocycles. The Morgan fingerprint density at radius 3 is 2.22 bits per heavy atom. The minimum Gasteiger partial charge on any atom is -0.457 e. The maximum Gasteiger partial charge on any atom is 0.149 e. The highest BCUT2D eigenvalue weighted by Crippen LogP contribution is 2.51. The molecule has 1 aliphatic heterocycles. The normalized spacial score (nSPS) is 15.1. The number of pyridine rings is 2. The van der Waals surface area contributed by atoms with E-state index in [9.17, 15) is 0 Å². The molecule has 10 aromatic rings. The molecule has 0 bridgehead atoms. The maximum absolute atomic E-state index is 6.71. The van der Waals surface area contributed by atoms with Gasteiger partial charge in [-0.1, -0.05) is 82.3 Å². The van der Waals surface area contributed by atoms with E-state index in [2.05, 4.69) is 128 Å². The van der Waals surface area contributed by atoms with Gasteiger partial charge >= 0.3 is 0 Å². The van der Waals surface area contributed by atoms with Gasteiger partial charge in [-0.05, 0) is 59.5 Å². The van der Waals surface area contributed by atoms with Crippen molar-refractivity contribution >= 4 is 71.1 Å². The third-order valence-electron chi connectivity index (χ3n) is 11.8. The Labute approximate surface area is 287 Å². The first-order valence-corrected chi connectivity index (χ1v) is 17.2. The van der Waals surface area contributed by atoms with Crippen LogP contribution in [0, 0.1) is 0 Å². The summed E-state index contributed by atoms with van der Waals surface area (Å²) in [6.45, 7) is 9.38. The number of ether oxygens (including phenoxy) is 1. The fraction of sp³-hybridized carbons (Fsp3) is 0.136. The Balaban J connectivity index is 1.11. The lowest BCUT2D eigenvalue weighted by Gasteiger charge is -2.45. The van der Waals surface area contributed by atoms with E-state index >= 15 is 0 Å². The predicted octanol–water partition coefficient (Wildman–Crippen LogP) is 11.4. The first-order valence-electron chi connectivity index (χ1n) is 17.2. The number of aromatic nitrogens is 4. The molecule has 1 aliphatic rings. The largest absolute Gasteiger partial charge is 0.457 e. The summed E-state index contributed by atoms with van der Waals surface area (Å²) in [6, 6.07) is 38.1. The van der Waals surface area contributed by atoms with Gasteiger partial charge in [0.1, 0.15) is 34.1 Å². The Morgan fingerprint density at radius 2 is 1.34 bits per heavy atom. The smallest absolute Gasteiger partial charge is 0.149 e. The molecule has 6 nitrogen and oxygen atoms in total. The van der Waals surface area contributed by atoms with Gasteiger partial charge in [0.15, 0.2) is 0 Å². The van der Waals surface area contributed by atoms with Crippen LogP contribution in [0.3, 0.4) is 0 Å². The van der Waals surface area contributed by atoms with Gasteiger partial charge in [0, 0.05) is 61.9 Å². The summed E-state index contributed by atoms with van der Waals surface area (Å²) in [6.07, 6.45) is 3.90. The molecule has 0 saturated carbocycles. The lowest BCUT2D eigenvalue weighted by atomic mass is 9.61. The Kier molecular flexibility index (Phi) is 5.17. The zero-order valence-electron chi connectivity index (χ0n) is 28.2. The van der Waals surface area contributed by atoms with Crippen LogP contribution in [0.1, 0.15) is 39.0 Å². The van der Waals surface area contributed by atoms with Gasteiger partial charge in [-0.3, -0.25) is 8.97 Å². The second-order valence-corrected chi connectivity index (χ2v) is 14.7. The first-order chi connectivity index (χ1) is 24.3. The fourth-order valence-corrected chi connectivity index (χ4v) is 8.58. The van der Waals surface area contributed by atoms with E-state index in [1.54, 1.807) is 0 Å². The van der Waals surface area contributed by atoms with Crippen LogP contribution in [0.15, 0.2) is 126 Å². The molecular formula is C44H32N4O2. The molecule has 5 aromatic heterocycles. The van der Waals surface area contributed by atoms with E-state index in [1.165, 1.54) is 27.5 Å². The molecule has 0 atom stereocenters. The SMILES string of the molecule is CC1(C)c2cccc3c4ccc(Oc5ccc6c7ccccc7n(-c7nccc8oc9ccccc9c78)c6c5)cc4c4ncc(n4c23)C1(C)C. The number of rotatable bonds is 3. The Bertz CT molecular complexity index is 3080. The standard InChI is InChI=1S/C44H32N4O2/c1-43(2)33-13-9-12-30-27-18-16-25(22-32(27)41-46-24-38(44(43,3)4)48(41)40(30)33)49-26-17-19-29-28-10-5-7-14-34(28)47(35(29)23-26)42-39-31-11-6-8-15-36(31)50-37(39)20-21-45-42/h5-24H,1-4H3. The third kappa shape index (κ3) is 3.38. The molecular weight excluding hydrogens is 617 g/mol. The minimum absolute atomic E-state index is 0.0565. The van der Waals surface area contributed by atoms with E-state index < -0.39 is 0 Å². The average molecular weight is 649 g/mol. The van der Waals surface area contributed by atoms with E-state index in [-0.39, 0.29) is 10.8 Å². The van der Waals surface area contributed by atoms with E-state index in [1.807, 2.05) is 30.5 Å². The van der Waals surface area contributed by atoms with Crippen molar-refractivity contribution in [1.29, 1.82) is 0 Å². The monoisotopic (exact) mass is 648 g/mol. The van der Waals surface area contributed by atoms with Gasteiger partial charge in [0.25, 0.3) is 0 Å². The van der Waals surface area contributed by atoms with Crippen LogP contribution in [0.5, 0.6) is 11.5 Å². The molecule has 5 aromatic carbocycles. The van der Waals surface area contributed by atoms with Gasteiger partial charge in [-0.15, -0.1) is 0 Å². The van der Waals surface area contributed by atoms with Gasteiger partial charge in [-0.2, -0.15) is 0 Å². The molecule has 0 unspecified atom stereocenters. The second-order valence-electron chi connectivity index (χ2n) is 14.7. The number of hydrogen-bond acceptors (Lipinski definition) is 4. The Morgan fingerprint density at radius 1 is 0.600 bits per heavy atom. The van der Waals surface area contributed by atoms with Crippen LogP contribution < -0.4 is 4.74 Å². The summed E-state index contributed by atoms with van der Waals surface area (Å²) >= 11 is 0. The summed E-state index contributed by atoms with van der Waals surface area (Å²) in [5.74, 6) is 2.34. The average Bonchev–Trinajstić information content (AvgIpc) is 3.83. The van der Waals surface area contributed by atoms with Crippen LogP contribution in [0.4, 0.5) is 0 Å². The number of para-hydroxylation sites is 3. The van der Waals surface area contributed by atoms with Crippen molar-refractivity contribution in [2.45, 2.75) is 38.5 Å². The highest BCUT2D eigenvalue weighted by molar-refractivity contribution is 6.15.